The van der Waals surface area contributed by atoms with Crippen LogP contribution in [0.3, 0.4) is 0 Å². The van der Waals surface area contributed by atoms with Gasteiger partial charge in [-0.1, -0.05) is 13.8 Å². The zero-order valence-electron chi connectivity index (χ0n) is 14.5. The maximum absolute atomic E-state index is 12.2. The fourth-order valence-corrected chi connectivity index (χ4v) is 3.90. The largest absolute Gasteiger partial charge is 0.354 e. The van der Waals surface area contributed by atoms with Gasteiger partial charge in [-0.2, -0.15) is 26.6 Å². The Labute approximate surface area is 142 Å². The summed E-state index contributed by atoms with van der Waals surface area (Å²) in [4.78, 5) is 6.80. The lowest BCUT2D eigenvalue weighted by Crippen LogP contribution is -2.52. The topological polar surface area (TPSA) is 74.1 Å². The van der Waals surface area contributed by atoms with Crippen LogP contribution in [0.5, 0.6) is 0 Å². The van der Waals surface area contributed by atoms with Crippen molar-refractivity contribution in [3.63, 3.8) is 0 Å². The highest BCUT2D eigenvalue weighted by Crippen LogP contribution is 2.23. The molecule has 2 aromatic rings. The molecule has 0 spiro atoms. The third-order valence-electron chi connectivity index (χ3n) is 4.30. The highest BCUT2D eigenvalue weighted by molar-refractivity contribution is 7.86. The summed E-state index contributed by atoms with van der Waals surface area (Å²) < 4.78 is 29.1. The van der Waals surface area contributed by atoms with Crippen molar-refractivity contribution in [3.8, 4) is 0 Å². The molecule has 1 fully saturated rings. The van der Waals surface area contributed by atoms with E-state index in [1.165, 1.54) is 8.61 Å². The van der Waals surface area contributed by atoms with E-state index in [2.05, 4.69) is 34.9 Å². The summed E-state index contributed by atoms with van der Waals surface area (Å²) in [5, 5.41) is 4.36. The molecule has 0 radical (unpaired) electrons. The van der Waals surface area contributed by atoms with Crippen LogP contribution in [-0.2, 0) is 10.2 Å². The molecule has 1 aliphatic rings. The summed E-state index contributed by atoms with van der Waals surface area (Å²) in [5.74, 6) is 1.29. The van der Waals surface area contributed by atoms with Crippen LogP contribution >= 0.6 is 0 Å². The lowest BCUT2D eigenvalue weighted by molar-refractivity contribution is 0.354. The second-order valence-corrected chi connectivity index (χ2v) is 8.61. The number of hydrogen-bond donors (Lipinski definition) is 0. The Morgan fingerprint density at radius 2 is 1.83 bits per heavy atom. The van der Waals surface area contributed by atoms with E-state index in [1.807, 2.05) is 10.6 Å². The van der Waals surface area contributed by atoms with Gasteiger partial charge in [-0.25, -0.2) is 4.98 Å². The summed E-state index contributed by atoms with van der Waals surface area (Å²) in [7, 11) is -0.229. The number of nitrogens with zero attached hydrogens (tertiary/aromatic N) is 6. The highest BCUT2D eigenvalue weighted by atomic mass is 32.2. The van der Waals surface area contributed by atoms with Gasteiger partial charge in [0, 0.05) is 58.1 Å². The summed E-state index contributed by atoms with van der Waals surface area (Å²) >= 11 is 0. The monoisotopic (exact) mass is 352 g/mol. The normalized spacial score (nSPS) is 17.3. The second-order valence-electron chi connectivity index (χ2n) is 6.47. The Hall–Kier alpha value is -1.71. The van der Waals surface area contributed by atoms with E-state index < -0.39 is 10.2 Å². The molecule has 0 atom stereocenters. The first-order chi connectivity index (χ1) is 11.3. The molecular formula is C15H24N6O2S. The zero-order chi connectivity index (χ0) is 17.5. The quantitative estimate of drug-likeness (QED) is 0.813. The Morgan fingerprint density at radius 1 is 1.17 bits per heavy atom. The molecule has 1 saturated heterocycles. The lowest BCUT2D eigenvalue weighted by atomic mass is 10.1. The molecule has 0 bridgehead atoms. The van der Waals surface area contributed by atoms with Crippen molar-refractivity contribution in [3.05, 3.63) is 24.0 Å². The average Bonchev–Trinajstić information content (AvgIpc) is 3.02. The molecule has 3 rings (SSSR count). The Bertz CT molecular complexity index is 822. The van der Waals surface area contributed by atoms with Gasteiger partial charge in [0.1, 0.15) is 5.82 Å². The van der Waals surface area contributed by atoms with E-state index in [1.54, 1.807) is 20.3 Å². The smallest absolute Gasteiger partial charge is 0.281 e. The Kier molecular flexibility index (Phi) is 4.50. The van der Waals surface area contributed by atoms with E-state index in [4.69, 9.17) is 0 Å². The SMILES string of the molecule is CC(C)c1cc(N2CCN(S(=O)(=O)N(C)C)CC2)n2nccc2n1. The van der Waals surface area contributed by atoms with E-state index >= 15 is 0 Å². The fourth-order valence-electron chi connectivity index (χ4n) is 2.82. The average molecular weight is 352 g/mol. The summed E-state index contributed by atoms with van der Waals surface area (Å²) in [5.41, 5.74) is 1.83. The number of fused-ring (bicyclic) bond motifs is 1. The predicted molar refractivity (Wildman–Crippen MR) is 93.5 cm³/mol. The van der Waals surface area contributed by atoms with E-state index in [0.717, 1.165) is 17.2 Å². The molecule has 3 heterocycles. The van der Waals surface area contributed by atoms with E-state index in [-0.39, 0.29) is 0 Å². The van der Waals surface area contributed by atoms with Crippen LogP contribution in [0, 0.1) is 0 Å². The van der Waals surface area contributed by atoms with Crippen LogP contribution in [-0.4, -0.2) is 71.9 Å². The van der Waals surface area contributed by atoms with Gasteiger partial charge in [0.2, 0.25) is 0 Å². The molecular weight excluding hydrogens is 328 g/mol. The van der Waals surface area contributed by atoms with Gasteiger partial charge in [0.15, 0.2) is 5.65 Å². The first-order valence-corrected chi connectivity index (χ1v) is 9.47. The fraction of sp³-hybridized carbons (Fsp3) is 0.600. The first kappa shape index (κ1) is 17.1. The minimum absolute atomic E-state index is 0.319. The van der Waals surface area contributed by atoms with Crippen molar-refractivity contribution in [2.24, 2.45) is 0 Å². The van der Waals surface area contributed by atoms with E-state index in [9.17, 15) is 8.42 Å². The minimum Gasteiger partial charge on any atom is -0.354 e. The number of anilines is 1. The zero-order valence-corrected chi connectivity index (χ0v) is 15.4. The molecule has 0 aliphatic carbocycles. The number of piperazine rings is 1. The highest BCUT2D eigenvalue weighted by Gasteiger charge is 2.29. The Morgan fingerprint density at radius 3 is 2.42 bits per heavy atom. The molecule has 9 heteroatoms. The summed E-state index contributed by atoms with van der Waals surface area (Å²) in [6.07, 6.45) is 1.74. The molecule has 0 N–H and O–H groups in total. The summed E-state index contributed by atoms with van der Waals surface area (Å²) in [6, 6.07) is 3.95. The van der Waals surface area contributed by atoms with E-state index in [0.29, 0.717) is 32.1 Å². The van der Waals surface area contributed by atoms with Crippen LogP contribution in [0.2, 0.25) is 0 Å². The van der Waals surface area contributed by atoms with Gasteiger partial charge in [-0.15, -0.1) is 0 Å². The van der Waals surface area contributed by atoms with Crippen LogP contribution in [0.4, 0.5) is 5.82 Å². The minimum atomic E-state index is -3.35. The van der Waals surface area contributed by atoms with Crippen LogP contribution < -0.4 is 4.90 Å². The maximum atomic E-state index is 12.2. The number of rotatable bonds is 4. The molecule has 24 heavy (non-hydrogen) atoms. The van der Waals surface area contributed by atoms with Crippen molar-refractivity contribution in [1.82, 2.24) is 23.2 Å². The molecule has 1 aliphatic heterocycles. The first-order valence-electron chi connectivity index (χ1n) is 8.08. The molecule has 0 aromatic carbocycles. The van der Waals surface area contributed by atoms with Crippen LogP contribution in [0.25, 0.3) is 5.65 Å². The van der Waals surface area contributed by atoms with Crippen LogP contribution in [0.15, 0.2) is 18.3 Å². The molecule has 0 unspecified atom stereocenters. The standard InChI is InChI=1S/C15H24N6O2S/c1-12(2)13-11-15(21-14(17-13)5-6-16-21)19-7-9-20(10-8-19)24(22,23)18(3)4/h5-6,11-12H,7-10H2,1-4H3. The molecule has 0 saturated carbocycles. The van der Waals surface area contributed by atoms with Gasteiger partial charge in [-0.3, -0.25) is 0 Å². The van der Waals surface area contributed by atoms with Gasteiger partial charge in [0.05, 0.1) is 6.20 Å². The number of hydrogen-bond acceptors (Lipinski definition) is 5. The molecule has 0 amide bonds. The third kappa shape index (κ3) is 2.99. The van der Waals surface area contributed by atoms with Crippen LogP contribution in [0.1, 0.15) is 25.5 Å². The summed E-state index contributed by atoms with van der Waals surface area (Å²) in [6.45, 7) is 6.40. The van der Waals surface area contributed by atoms with Gasteiger partial charge >= 0.3 is 0 Å². The van der Waals surface area contributed by atoms with Gasteiger partial charge < -0.3 is 4.90 Å². The van der Waals surface area contributed by atoms with Gasteiger partial charge in [-0.05, 0) is 5.92 Å². The molecule has 2 aromatic heterocycles. The third-order valence-corrected chi connectivity index (χ3v) is 6.24. The number of aromatic nitrogens is 3. The Balaban J connectivity index is 1.87. The lowest BCUT2D eigenvalue weighted by Gasteiger charge is -2.36. The van der Waals surface area contributed by atoms with Crippen molar-refractivity contribution in [1.29, 1.82) is 0 Å². The van der Waals surface area contributed by atoms with Crippen molar-refractivity contribution < 1.29 is 8.42 Å². The van der Waals surface area contributed by atoms with Crippen molar-refractivity contribution in [2.75, 3.05) is 45.2 Å². The molecule has 8 nitrogen and oxygen atoms in total. The van der Waals surface area contributed by atoms with Crippen molar-refractivity contribution >= 4 is 21.7 Å². The van der Waals surface area contributed by atoms with Gasteiger partial charge in [0.25, 0.3) is 10.2 Å². The second kappa shape index (κ2) is 6.30. The van der Waals surface area contributed by atoms with Crippen molar-refractivity contribution in [2.45, 2.75) is 19.8 Å². The predicted octanol–water partition coefficient (Wildman–Crippen LogP) is 0.781. The maximum Gasteiger partial charge on any atom is 0.281 e. The molecule has 132 valence electrons.